The highest BCUT2D eigenvalue weighted by atomic mass is 16.7. The first kappa shape index (κ1) is 15.8. The fraction of sp³-hybridized carbons (Fsp3) is 0.667. The number of nitro groups is 1. The first-order chi connectivity index (χ1) is 11.7. The van der Waals surface area contributed by atoms with E-state index in [0.717, 1.165) is 48.3 Å². The Hall–Kier alpha value is -1.66. The van der Waals surface area contributed by atoms with Crippen LogP contribution in [0.4, 0.5) is 5.69 Å². The number of benzene rings is 1. The van der Waals surface area contributed by atoms with E-state index in [2.05, 4.69) is 4.90 Å². The molecule has 2 fully saturated rings. The first-order valence-corrected chi connectivity index (χ1v) is 8.94. The van der Waals surface area contributed by atoms with Gasteiger partial charge in [-0.25, -0.2) is 0 Å². The van der Waals surface area contributed by atoms with E-state index in [1.54, 1.807) is 12.1 Å². The van der Waals surface area contributed by atoms with Gasteiger partial charge in [-0.3, -0.25) is 15.0 Å². The number of nitro benzene ring substituents is 1. The van der Waals surface area contributed by atoms with Crippen LogP contribution in [-0.2, 0) is 17.9 Å². The van der Waals surface area contributed by atoms with Crippen molar-refractivity contribution >= 4 is 5.69 Å². The third kappa shape index (κ3) is 3.13. The zero-order valence-corrected chi connectivity index (χ0v) is 13.9. The number of piperidine rings is 1. The van der Waals surface area contributed by atoms with Crippen LogP contribution >= 0.6 is 0 Å². The lowest BCUT2D eigenvalue weighted by Crippen LogP contribution is -2.41. The molecular weight excluding hydrogens is 308 g/mol. The average Bonchev–Trinajstić information content (AvgIpc) is 2.61. The maximum Gasteiger partial charge on any atom is 0.270 e. The number of rotatable bonds is 3. The Labute approximate surface area is 141 Å². The SMILES string of the molecule is O=[N+]([O-])c1cc2c(c(CN3CC[C@@H]4CCCC[C@@H]4C3)c1)OCOC2. The molecule has 130 valence electrons. The number of hydrogen-bond donors (Lipinski definition) is 0. The van der Waals surface area contributed by atoms with Crippen LogP contribution in [0.5, 0.6) is 5.75 Å². The van der Waals surface area contributed by atoms with Crippen LogP contribution in [0.1, 0.15) is 43.2 Å². The van der Waals surface area contributed by atoms with E-state index in [0.29, 0.717) is 6.61 Å². The quantitative estimate of drug-likeness (QED) is 0.626. The Balaban J connectivity index is 1.55. The summed E-state index contributed by atoms with van der Waals surface area (Å²) in [6, 6.07) is 3.25. The Morgan fingerprint density at radius 2 is 2.04 bits per heavy atom. The van der Waals surface area contributed by atoms with Crippen molar-refractivity contribution in [2.45, 2.75) is 45.3 Å². The van der Waals surface area contributed by atoms with Crippen LogP contribution in [0.25, 0.3) is 0 Å². The molecule has 0 aromatic heterocycles. The average molecular weight is 332 g/mol. The van der Waals surface area contributed by atoms with E-state index in [-0.39, 0.29) is 17.4 Å². The van der Waals surface area contributed by atoms with E-state index in [9.17, 15) is 10.1 Å². The number of hydrogen-bond acceptors (Lipinski definition) is 5. The molecule has 24 heavy (non-hydrogen) atoms. The molecule has 6 heteroatoms. The maximum absolute atomic E-state index is 11.2. The van der Waals surface area contributed by atoms with Crippen LogP contribution in [0.3, 0.4) is 0 Å². The second-order valence-corrected chi connectivity index (χ2v) is 7.29. The van der Waals surface area contributed by atoms with Gasteiger partial charge < -0.3 is 9.47 Å². The summed E-state index contributed by atoms with van der Waals surface area (Å²) in [6.07, 6.45) is 6.70. The van der Waals surface area contributed by atoms with Crippen LogP contribution in [0.15, 0.2) is 12.1 Å². The Morgan fingerprint density at radius 3 is 2.88 bits per heavy atom. The van der Waals surface area contributed by atoms with Crippen molar-refractivity contribution in [3.05, 3.63) is 33.4 Å². The van der Waals surface area contributed by atoms with Crippen molar-refractivity contribution in [1.82, 2.24) is 4.90 Å². The van der Waals surface area contributed by atoms with Gasteiger partial charge in [0.2, 0.25) is 0 Å². The summed E-state index contributed by atoms with van der Waals surface area (Å²) < 4.78 is 11.0. The third-order valence-corrected chi connectivity index (χ3v) is 5.75. The van der Waals surface area contributed by atoms with Crippen molar-refractivity contribution in [3.8, 4) is 5.75 Å². The van der Waals surface area contributed by atoms with Gasteiger partial charge in [-0.05, 0) is 31.2 Å². The van der Waals surface area contributed by atoms with Gasteiger partial charge in [-0.2, -0.15) is 0 Å². The van der Waals surface area contributed by atoms with E-state index >= 15 is 0 Å². The molecular formula is C18H24N2O4. The van der Waals surface area contributed by atoms with Crippen molar-refractivity contribution in [2.24, 2.45) is 11.8 Å². The highest BCUT2D eigenvalue weighted by molar-refractivity contribution is 5.50. The molecule has 4 rings (SSSR count). The van der Waals surface area contributed by atoms with Gasteiger partial charge in [0.1, 0.15) is 5.75 Å². The molecule has 3 aliphatic rings. The zero-order valence-electron chi connectivity index (χ0n) is 13.9. The second-order valence-electron chi connectivity index (χ2n) is 7.29. The summed E-state index contributed by atoms with van der Waals surface area (Å²) in [7, 11) is 0. The van der Waals surface area contributed by atoms with Crippen molar-refractivity contribution < 1.29 is 14.4 Å². The summed E-state index contributed by atoms with van der Waals surface area (Å²) in [4.78, 5) is 13.4. The molecule has 0 bridgehead atoms. The third-order valence-electron chi connectivity index (χ3n) is 5.75. The number of non-ortho nitro benzene ring substituents is 1. The number of likely N-dealkylation sites (tertiary alicyclic amines) is 1. The van der Waals surface area contributed by atoms with Crippen molar-refractivity contribution in [2.75, 3.05) is 19.9 Å². The highest BCUT2D eigenvalue weighted by Gasteiger charge is 2.32. The second kappa shape index (κ2) is 6.69. The van der Waals surface area contributed by atoms with Gasteiger partial charge in [0.25, 0.3) is 5.69 Å². The summed E-state index contributed by atoms with van der Waals surface area (Å²) in [5.74, 6) is 2.47. The molecule has 1 aliphatic carbocycles. The van der Waals surface area contributed by atoms with E-state index < -0.39 is 0 Å². The van der Waals surface area contributed by atoms with E-state index in [1.807, 2.05) is 0 Å². The maximum atomic E-state index is 11.2. The molecule has 2 aliphatic heterocycles. The smallest absolute Gasteiger partial charge is 0.270 e. The molecule has 1 saturated heterocycles. The van der Waals surface area contributed by atoms with Crippen LogP contribution in [0.2, 0.25) is 0 Å². The molecule has 1 aromatic rings. The molecule has 1 aromatic carbocycles. The molecule has 2 heterocycles. The summed E-state index contributed by atoms with van der Waals surface area (Å²) in [5, 5.41) is 11.2. The van der Waals surface area contributed by atoms with Gasteiger partial charge in [-0.1, -0.05) is 19.3 Å². The Kier molecular flexibility index (Phi) is 4.41. The Bertz CT molecular complexity index is 634. The minimum Gasteiger partial charge on any atom is -0.467 e. The van der Waals surface area contributed by atoms with Gasteiger partial charge in [0, 0.05) is 36.3 Å². The zero-order chi connectivity index (χ0) is 16.5. The molecule has 0 radical (unpaired) electrons. The monoisotopic (exact) mass is 332 g/mol. The van der Waals surface area contributed by atoms with Gasteiger partial charge >= 0.3 is 0 Å². The minimum absolute atomic E-state index is 0.130. The van der Waals surface area contributed by atoms with E-state index in [4.69, 9.17) is 9.47 Å². The van der Waals surface area contributed by atoms with Crippen LogP contribution in [0, 0.1) is 22.0 Å². The predicted molar refractivity (Wildman–Crippen MR) is 88.7 cm³/mol. The normalized spacial score (nSPS) is 27.0. The summed E-state index contributed by atoms with van der Waals surface area (Å²) in [6.45, 7) is 3.53. The fourth-order valence-corrected chi connectivity index (χ4v) is 4.56. The number of ether oxygens (including phenoxy) is 2. The van der Waals surface area contributed by atoms with Gasteiger partial charge in [0.15, 0.2) is 6.79 Å². The minimum atomic E-state index is -0.328. The number of fused-ring (bicyclic) bond motifs is 2. The molecule has 6 nitrogen and oxygen atoms in total. The predicted octanol–water partition coefficient (Wildman–Crippen LogP) is 3.47. The summed E-state index contributed by atoms with van der Waals surface area (Å²) in [5.41, 5.74) is 1.85. The highest BCUT2D eigenvalue weighted by Crippen LogP contribution is 2.38. The van der Waals surface area contributed by atoms with Crippen LogP contribution < -0.4 is 4.74 Å². The molecule has 1 saturated carbocycles. The van der Waals surface area contributed by atoms with Crippen molar-refractivity contribution in [3.63, 3.8) is 0 Å². The Morgan fingerprint density at radius 1 is 1.21 bits per heavy atom. The topological polar surface area (TPSA) is 64.8 Å². The lowest BCUT2D eigenvalue weighted by molar-refractivity contribution is -0.385. The number of nitrogens with zero attached hydrogens (tertiary/aromatic N) is 2. The fourth-order valence-electron chi connectivity index (χ4n) is 4.56. The molecule has 0 amide bonds. The van der Waals surface area contributed by atoms with Crippen molar-refractivity contribution in [1.29, 1.82) is 0 Å². The molecule has 0 spiro atoms. The van der Waals surface area contributed by atoms with E-state index in [1.165, 1.54) is 32.1 Å². The lowest BCUT2D eigenvalue weighted by Gasteiger charge is -2.41. The molecule has 0 unspecified atom stereocenters. The molecule has 2 atom stereocenters. The standard InChI is InChI=1S/C18H24N2O4/c21-20(22)17-7-15(18-16(8-17)11-23-12-24-18)10-19-6-5-13-3-1-2-4-14(13)9-19/h7-8,13-14H,1-6,9-12H2/t13-,14+/m0/s1. The lowest BCUT2D eigenvalue weighted by atomic mass is 9.75. The largest absolute Gasteiger partial charge is 0.467 e. The van der Waals surface area contributed by atoms with Gasteiger partial charge in [0.05, 0.1) is 11.5 Å². The first-order valence-electron chi connectivity index (χ1n) is 8.94. The molecule has 0 N–H and O–H groups in total. The van der Waals surface area contributed by atoms with Gasteiger partial charge in [-0.15, -0.1) is 0 Å². The summed E-state index contributed by atoms with van der Waals surface area (Å²) >= 11 is 0. The van der Waals surface area contributed by atoms with Crippen LogP contribution in [-0.4, -0.2) is 29.7 Å².